The average molecular weight is 1140 g/mol. The van der Waals surface area contributed by atoms with Gasteiger partial charge in [-0.2, -0.15) is 15.1 Å². The van der Waals surface area contributed by atoms with Crippen LogP contribution in [0.3, 0.4) is 0 Å². The van der Waals surface area contributed by atoms with E-state index in [1.165, 1.54) is 0 Å². The van der Waals surface area contributed by atoms with E-state index in [1.54, 1.807) is 21.8 Å². The fourth-order valence-electron chi connectivity index (χ4n) is 7.61. The standard InChI is InChI=1S/C45H65ClF3N9O16P2/c46-45-52-42(36-27-51-58(43(36)53-45)39-2-1-35(73-39)30-72-76(63)31-75(61)62)56-7-3-32(4-8-56)44(60)50-6-11-65-14-17-68-21-22-70-23-24-71-29-34-28-57(55-54-34)9-12-66-15-18-69-20-19-67-16-13-64-10-5-40(59)74-41-37(48)25-33(47)26-38(41)49/h25-28,32,35,39,61-63H,1-24,29-31H2,(H,50,60). The Labute approximate surface area is 443 Å². The number of ether oxygens (including phenoxy) is 10. The van der Waals surface area contributed by atoms with Gasteiger partial charge in [-0.05, 0) is 37.3 Å². The number of esters is 1. The lowest BCUT2D eigenvalue weighted by Gasteiger charge is -2.32. The first-order valence-electron chi connectivity index (χ1n) is 24.6. The summed E-state index contributed by atoms with van der Waals surface area (Å²) in [4.78, 5) is 63.8. The number of anilines is 1. The maximum Gasteiger partial charge on any atom is 0.313 e. The van der Waals surface area contributed by atoms with E-state index in [0.29, 0.717) is 166 Å². The second kappa shape index (κ2) is 34.2. The van der Waals surface area contributed by atoms with Crippen molar-refractivity contribution < 1.29 is 89.3 Å². The van der Waals surface area contributed by atoms with Crippen molar-refractivity contribution in [3.05, 3.63) is 53.0 Å². The first-order chi connectivity index (χ1) is 36.9. The highest BCUT2D eigenvalue weighted by Gasteiger charge is 2.32. The summed E-state index contributed by atoms with van der Waals surface area (Å²) in [6.45, 7) is 7.28. The van der Waals surface area contributed by atoms with Gasteiger partial charge in [0.25, 0.3) is 0 Å². The molecule has 2 aliphatic rings. The molecule has 2 saturated heterocycles. The molecule has 2 fully saturated rings. The number of benzene rings is 1. The minimum Gasteiger partial charge on any atom is -0.420 e. The lowest BCUT2D eigenvalue weighted by Crippen LogP contribution is -2.41. The van der Waals surface area contributed by atoms with Crippen LogP contribution in [0.2, 0.25) is 5.28 Å². The van der Waals surface area contributed by atoms with Gasteiger partial charge in [-0.25, -0.2) is 22.5 Å². The summed E-state index contributed by atoms with van der Waals surface area (Å²) in [5, 5.41) is 16.5. The molecule has 0 bridgehead atoms. The van der Waals surface area contributed by atoms with Crippen molar-refractivity contribution in [3.63, 3.8) is 0 Å². The molecule has 6 rings (SSSR count). The van der Waals surface area contributed by atoms with Gasteiger partial charge in [0, 0.05) is 37.7 Å². The van der Waals surface area contributed by atoms with Crippen LogP contribution in [0.15, 0.2) is 24.5 Å². The minimum atomic E-state index is -2.24. The number of halogens is 4. The van der Waals surface area contributed by atoms with Gasteiger partial charge in [0.2, 0.25) is 16.9 Å². The Morgan fingerprint density at radius 1 is 0.776 bits per heavy atom. The Hall–Kier alpha value is -3.93. The average Bonchev–Trinajstić information content (AvgIpc) is 4.18. The van der Waals surface area contributed by atoms with Crippen molar-refractivity contribution in [3.8, 4) is 5.75 Å². The Balaban J connectivity index is 0.680. The highest BCUT2D eigenvalue weighted by Crippen LogP contribution is 2.44. The summed E-state index contributed by atoms with van der Waals surface area (Å²) in [5.41, 5.74) is 1.20. The van der Waals surface area contributed by atoms with E-state index in [0.717, 1.165) is 0 Å². The number of nitrogens with zero attached hydrogens (tertiary/aromatic N) is 8. The summed E-state index contributed by atoms with van der Waals surface area (Å²) in [6.07, 6.45) is 5.01. The number of carbonyl (C=O) groups excluding carboxylic acids is 2. The van der Waals surface area contributed by atoms with Crippen LogP contribution in [0, 0.1) is 23.4 Å². The number of hydrogen-bond acceptors (Lipinski definition) is 22. The van der Waals surface area contributed by atoms with Crippen LogP contribution in [0.1, 0.15) is 44.0 Å². The van der Waals surface area contributed by atoms with Gasteiger partial charge in [-0.1, -0.05) is 5.21 Å². The van der Waals surface area contributed by atoms with E-state index in [9.17, 15) is 27.7 Å². The molecule has 0 spiro atoms. The number of piperidine rings is 1. The molecule has 5 heterocycles. The zero-order chi connectivity index (χ0) is 53.9. The van der Waals surface area contributed by atoms with E-state index in [4.69, 9.17) is 68.5 Å². The Morgan fingerprint density at radius 2 is 1.38 bits per heavy atom. The Bertz CT molecular complexity index is 2330. The Kier molecular flexibility index (Phi) is 27.5. The molecule has 3 atom stereocenters. The van der Waals surface area contributed by atoms with Gasteiger partial charge in [-0.3, -0.25) is 9.59 Å². The van der Waals surface area contributed by atoms with Crippen molar-refractivity contribution in [2.45, 2.75) is 57.6 Å². The third-order valence-electron chi connectivity index (χ3n) is 11.3. The van der Waals surface area contributed by atoms with Crippen LogP contribution in [0.25, 0.3) is 11.0 Å². The smallest absolute Gasteiger partial charge is 0.313 e. The van der Waals surface area contributed by atoms with Gasteiger partial charge in [0.15, 0.2) is 40.3 Å². The van der Waals surface area contributed by atoms with E-state index >= 15 is 0 Å². The maximum absolute atomic E-state index is 13.6. The third kappa shape index (κ3) is 21.7. The van der Waals surface area contributed by atoms with E-state index in [2.05, 4.69) is 40.3 Å². The second-order valence-corrected chi connectivity index (χ2v) is 20.1. The van der Waals surface area contributed by atoms with E-state index < -0.39 is 52.1 Å². The molecule has 424 valence electrons. The van der Waals surface area contributed by atoms with Gasteiger partial charge in [-0.15, -0.1) is 5.10 Å². The number of hydrogen-bond donors (Lipinski definition) is 4. The topological polar surface area (TPSA) is 286 Å². The van der Waals surface area contributed by atoms with Gasteiger partial charge < -0.3 is 76.8 Å². The van der Waals surface area contributed by atoms with Crippen molar-refractivity contribution >= 4 is 57.1 Å². The summed E-state index contributed by atoms with van der Waals surface area (Å²) >= 11 is 6.39. The molecular formula is C45H65ClF3N9O16P2. The van der Waals surface area contributed by atoms with Crippen LogP contribution in [-0.2, 0) is 69.9 Å². The number of carbonyl (C=O) groups is 2. The molecule has 1 amide bonds. The Morgan fingerprint density at radius 3 is 2.03 bits per heavy atom. The first kappa shape index (κ1) is 61.3. The zero-order valence-corrected chi connectivity index (χ0v) is 44.3. The molecule has 76 heavy (non-hydrogen) atoms. The molecule has 4 N–H and O–H groups in total. The molecule has 2 aliphatic heterocycles. The summed E-state index contributed by atoms with van der Waals surface area (Å²) in [7, 11) is -4.18. The number of rotatable bonds is 38. The molecule has 4 aromatic rings. The maximum atomic E-state index is 13.6. The molecule has 31 heteroatoms. The lowest BCUT2D eigenvalue weighted by molar-refractivity contribution is -0.136. The van der Waals surface area contributed by atoms with E-state index in [-0.39, 0.29) is 68.6 Å². The fraction of sp³-hybridized carbons (Fsp3) is 0.667. The molecule has 0 aliphatic carbocycles. The molecule has 1 aromatic carbocycles. The SMILES string of the molecule is O=C(CCOCCOCCOCCOCCn1cc(COCCOCCOCCOCCNC(=O)C2CCN(c3nc(Cl)nc4c3cnn4C3CCC(COP(O)CP(O)O)O3)CC2)nn1)Oc1c(F)cc(F)cc1F. The van der Waals surface area contributed by atoms with Gasteiger partial charge in [0.05, 0.1) is 155 Å². The van der Waals surface area contributed by atoms with E-state index in [1.807, 2.05) is 0 Å². The molecule has 25 nitrogen and oxygen atoms in total. The number of fused-ring (bicyclic) bond motifs is 1. The number of amides is 1. The van der Waals surface area contributed by atoms with Crippen LogP contribution < -0.4 is 15.0 Å². The van der Waals surface area contributed by atoms with Crippen LogP contribution in [0.5, 0.6) is 5.75 Å². The van der Waals surface area contributed by atoms with Crippen molar-refractivity contribution in [2.24, 2.45) is 5.92 Å². The summed E-state index contributed by atoms with van der Waals surface area (Å²) < 4.78 is 104. The third-order valence-corrected chi connectivity index (χ3v) is 13.9. The van der Waals surface area contributed by atoms with Crippen LogP contribution >= 0.6 is 28.4 Å². The van der Waals surface area contributed by atoms with Crippen molar-refractivity contribution in [1.29, 1.82) is 0 Å². The predicted octanol–water partition coefficient (Wildman–Crippen LogP) is 3.40. The van der Waals surface area contributed by atoms with Crippen LogP contribution in [-0.4, -0.2) is 199 Å². The van der Waals surface area contributed by atoms with Crippen LogP contribution in [0.4, 0.5) is 19.0 Å². The fourth-order valence-corrected chi connectivity index (χ4v) is 9.30. The number of aromatic nitrogens is 7. The number of nitrogens with one attached hydrogen (secondary N) is 1. The predicted molar refractivity (Wildman–Crippen MR) is 265 cm³/mol. The molecule has 0 radical (unpaired) electrons. The monoisotopic (exact) mass is 1140 g/mol. The largest absolute Gasteiger partial charge is 0.420 e. The molecule has 3 unspecified atom stereocenters. The van der Waals surface area contributed by atoms with Crippen molar-refractivity contribution in [1.82, 2.24) is 40.1 Å². The van der Waals surface area contributed by atoms with Crippen molar-refractivity contribution in [2.75, 3.05) is 136 Å². The molecule has 0 saturated carbocycles. The quantitative estimate of drug-likeness (QED) is 0.0164. The molecular weight excluding hydrogens is 1080 g/mol. The normalized spacial score (nSPS) is 16.6. The molecule has 3 aromatic heterocycles. The van der Waals surface area contributed by atoms with Gasteiger partial charge >= 0.3 is 5.97 Å². The first-order valence-corrected chi connectivity index (χ1v) is 27.8. The highest BCUT2D eigenvalue weighted by molar-refractivity contribution is 7.63. The summed E-state index contributed by atoms with van der Waals surface area (Å²) in [6, 6.07) is 0.838. The van der Waals surface area contributed by atoms with Gasteiger partial charge in [0.1, 0.15) is 17.3 Å². The lowest BCUT2D eigenvalue weighted by atomic mass is 9.96. The zero-order valence-electron chi connectivity index (χ0n) is 41.8. The second-order valence-electron chi connectivity index (χ2n) is 16.9. The summed E-state index contributed by atoms with van der Waals surface area (Å²) in [5.74, 6) is -5.36. The minimum absolute atomic E-state index is 0.0235. The highest BCUT2D eigenvalue weighted by atomic mass is 35.5.